The highest BCUT2D eigenvalue weighted by atomic mass is 16.5. The minimum Gasteiger partial charge on any atom is -0.399 e. The third-order valence-electron chi connectivity index (χ3n) is 3.63. The summed E-state index contributed by atoms with van der Waals surface area (Å²) in [6, 6.07) is 7.89. The third-order valence-corrected chi connectivity index (χ3v) is 3.63. The van der Waals surface area contributed by atoms with Gasteiger partial charge in [-0.15, -0.1) is 0 Å². The summed E-state index contributed by atoms with van der Waals surface area (Å²) in [6.07, 6.45) is 4.00. The lowest BCUT2D eigenvalue weighted by Gasteiger charge is -2.26. The number of hydrogen-bond donors (Lipinski definition) is 1. The first-order chi connectivity index (χ1) is 9.81. The molecule has 0 amide bonds. The molecule has 1 aliphatic heterocycles. The van der Waals surface area contributed by atoms with Crippen LogP contribution in [0.5, 0.6) is 0 Å². The summed E-state index contributed by atoms with van der Waals surface area (Å²) in [6.45, 7) is 5.66. The summed E-state index contributed by atoms with van der Waals surface area (Å²) in [5, 5.41) is 4.43. The molecule has 2 aromatic rings. The van der Waals surface area contributed by atoms with Crippen molar-refractivity contribution in [1.82, 2.24) is 14.7 Å². The molecule has 0 bridgehead atoms. The molecule has 1 aromatic carbocycles. The van der Waals surface area contributed by atoms with Crippen molar-refractivity contribution in [3.05, 3.63) is 36.7 Å². The standard InChI is InChI=1S/C15H20N4O/c16-15-3-1-13(2-4-15)14-11-17-19(12-14)6-5-18-7-9-20-10-8-18/h1-4,11-12H,5-10,16H2. The summed E-state index contributed by atoms with van der Waals surface area (Å²) in [4.78, 5) is 2.41. The van der Waals surface area contributed by atoms with E-state index in [2.05, 4.69) is 16.2 Å². The Kier molecular flexibility index (Phi) is 3.99. The molecule has 5 heteroatoms. The number of hydrogen-bond acceptors (Lipinski definition) is 4. The van der Waals surface area contributed by atoms with E-state index in [9.17, 15) is 0 Å². The predicted octanol–water partition coefficient (Wildman–Crippen LogP) is 1.46. The molecule has 1 aromatic heterocycles. The van der Waals surface area contributed by atoms with Gasteiger partial charge in [-0.05, 0) is 17.7 Å². The SMILES string of the molecule is Nc1ccc(-c2cnn(CCN3CCOCC3)c2)cc1. The normalized spacial score (nSPS) is 16.4. The van der Waals surface area contributed by atoms with Gasteiger partial charge < -0.3 is 10.5 Å². The second-order valence-electron chi connectivity index (χ2n) is 5.07. The fraction of sp³-hybridized carbons (Fsp3) is 0.400. The fourth-order valence-electron chi connectivity index (χ4n) is 2.38. The number of anilines is 1. The first-order valence-corrected chi connectivity index (χ1v) is 7.00. The second-order valence-corrected chi connectivity index (χ2v) is 5.07. The molecule has 0 spiro atoms. The predicted molar refractivity (Wildman–Crippen MR) is 79.3 cm³/mol. The monoisotopic (exact) mass is 272 g/mol. The van der Waals surface area contributed by atoms with Crippen molar-refractivity contribution in [2.75, 3.05) is 38.6 Å². The minimum atomic E-state index is 0.786. The number of morpholine rings is 1. The van der Waals surface area contributed by atoms with E-state index in [4.69, 9.17) is 10.5 Å². The zero-order chi connectivity index (χ0) is 13.8. The van der Waals surface area contributed by atoms with Gasteiger partial charge in [0.25, 0.3) is 0 Å². The maximum atomic E-state index is 5.70. The van der Waals surface area contributed by atoms with Crippen molar-refractivity contribution in [2.45, 2.75) is 6.54 Å². The molecule has 0 radical (unpaired) electrons. The smallest absolute Gasteiger partial charge is 0.0594 e. The van der Waals surface area contributed by atoms with E-state index >= 15 is 0 Å². The molecule has 2 heterocycles. The van der Waals surface area contributed by atoms with Gasteiger partial charge in [0.05, 0.1) is 26.0 Å². The number of ether oxygens (including phenoxy) is 1. The molecule has 0 unspecified atom stereocenters. The van der Waals surface area contributed by atoms with Crippen molar-refractivity contribution < 1.29 is 4.74 Å². The second kappa shape index (κ2) is 6.07. The Morgan fingerprint density at radius 3 is 2.55 bits per heavy atom. The zero-order valence-electron chi connectivity index (χ0n) is 11.5. The number of nitrogen functional groups attached to an aromatic ring is 1. The summed E-state index contributed by atoms with van der Waals surface area (Å²) in [5.74, 6) is 0. The zero-order valence-corrected chi connectivity index (χ0v) is 11.5. The fourth-order valence-corrected chi connectivity index (χ4v) is 2.38. The van der Waals surface area contributed by atoms with E-state index < -0.39 is 0 Å². The lowest BCUT2D eigenvalue weighted by molar-refractivity contribution is 0.0360. The molecule has 1 saturated heterocycles. The average Bonchev–Trinajstić information content (AvgIpc) is 2.96. The van der Waals surface area contributed by atoms with Crippen LogP contribution in [0.2, 0.25) is 0 Å². The molecule has 0 aliphatic carbocycles. The van der Waals surface area contributed by atoms with E-state index in [1.807, 2.05) is 35.1 Å². The van der Waals surface area contributed by atoms with Crippen molar-refractivity contribution in [1.29, 1.82) is 0 Å². The first-order valence-electron chi connectivity index (χ1n) is 7.00. The first kappa shape index (κ1) is 13.1. The van der Waals surface area contributed by atoms with Gasteiger partial charge in [0.2, 0.25) is 0 Å². The van der Waals surface area contributed by atoms with Gasteiger partial charge >= 0.3 is 0 Å². The summed E-state index contributed by atoms with van der Waals surface area (Å²) < 4.78 is 7.35. The Bertz CT molecular complexity index is 543. The Morgan fingerprint density at radius 1 is 1.05 bits per heavy atom. The van der Waals surface area contributed by atoms with Crippen LogP contribution >= 0.6 is 0 Å². The largest absolute Gasteiger partial charge is 0.399 e. The van der Waals surface area contributed by atoms with E-state index in [1.165, 1.54) is 0 Å². The van der Waals surface area contributed by atoms with Crippen LogP contribution in [-0.2, 0) is 11.3 Å². The highest BCUT2D eigenvalue weighted by Gasteiger charge is 2.10. The lowest BCUT2D eigenvalue weighted by Crippen LogP contribution is -2.38. The van der Waals surface area contributed by atoms with Gasteiger partial charge in [0, 0.05) is 37.1 Å². The molecule has 3 rings (SSSR count). The van der Waals surface area contributed by atoms with Crippen molar-refractivity contribution in [2.24, 2.45) is 0 Å². The average molecular weight is 272 g/mol. The van der Waals surface area contributed by atoms with Crippen LogP contribution in [0.4, 0.5) is 5.69 Å². The molecule has 5 nitrogen and oxygen atoms in total. The van der Waals surface area contributed by atoms with E-state index in [1.54, 1.807) is 0 Å². The highest BCUT2D eigenvalue weighted by Crippen LogP contribution is 2.19. The maximum Gasteiger partial charge on any atom is 0.0594 e. The van der Waals surface area contributed by atoms with Crippen LogP contribution < -0.4 is 5.73 Å². The van der Waals surface area contributed by atoms with Gasteiger partial charge in [-0.1, -0.05) is 12.1 Å². The Labute approximate surface area is 118 Å². The molecule has 1 aliphatic rings. The number of nitrogens with two attached hydrogens (primary N) is 1. The lowest BCUT2D eigenvalue weighted by atomic mass is 10.1. The Hall–Kier alpha value is -1.85. The Balaban J connectivity index is 1.60. The number of aromatic nitrogens is 2. The van der Waals surface area contributed by atoms with E-state index in [-0.39, 0.29) is 0 Å². The molecule has 106 valence electrons. The molecule has 2 N–H and O–H groups in total. The quantitative estimate of drug-likeness (QED) is 0.856. The number of benzene rings is 1. The van der Waals surface area contributed by atoms with E-state index in [0.717, 1.165) is 56.2 Å². The molecule has 0 saturated carbocycles. The van der Waals surface area contributed by atoms with Crippen molar-refractivity contribution >= 4 is 5.69 Å². The van der Waals surface area contributed by atoms with Crippen LogP contribution in [0.15, 0.2) is 36.7 Å². The van der Waals surface area contributed by atoms with E-state index in [0.29, 0.717) is 0 Å². The summed E-state index contributed by atoms with van der Waals surface area (Å²) >= 11 is 0. The topological polar surface area (TPSA) is 56.3 Å². The van der Waals surface area contributed by atoms with Gasteiger partial charge in [0.15, 0.2) is 0 Å². The molecule has 20 heavy (non-hydrogen) atoms. The van der Waals surface area contributed by atoms with Crippen LogP contribution in [0, 0.1) is 0 Å². The van der Waals surface area contributed by atoms with Gasteiger partial charge in [0.1, 0.15) is 0 Å². The minimum absolute atomic E-state index is 0.786. The number of nitrogens with zero attached hydrogens (tertiary/aromatic N) is 3. The summed E-state index contributed by atoms with van der Waals surface area (Å²) in [7, 11) is 0. The maximum absolute atomic E-state index is 5.70. The van der Waals surface area contributed by atoms with Crippen molar-refractivity contribution in [3.8, 4) is 11.1 Å². The van der Waals surface area contributed by atoms with Gasteiger partial charge in [-0.2, -0.15) is 5.10 Å². The molecular formula is C15H20N4O. The molecule has 1 fully saturated rings. The van der Waals surface area contributed by atoms with Crippen LogP contribution in [0.3, 0.4) is 0 Å². The van der Waals surface area contributed by atoms with Crippen molar-refractivity contribution in [3.63, 3.8) is 0 Å². The van der Waals surface area contributed by atoms with Crippen LogP contribution in [-0.4, -0.2) is 47.5 Å². The highest BCUT2D eigenvalue weighted by molar-refractivity contribution is 5.63. The van der Waals surface area contributed by atoms with Crippen LogP contribution in [0.1, 0.15) is 0 Å². The molecular weight excluding hydrogens is 252 g/mol. The molecule has 0 atom stereocenters. The van der Waals surface area contributed by atoms with Gasteiger partial charge in [-0.3, -0.25) is 9.58 Å². The number of rotatable bonds is 4. The summed E-state index contributed by atoms with van der Waals surface area (Å²) in [5.41, 5.74) is 8.77. The Morgan fingerprint density at radius 2 is 1.80 bits per heavy atom. The van der Waals surface area contributed by atoms with Gasteiger partial charge in [-0.25, -0.2) is 0 Å². The third kappa shape index (κ3) is 3.18. The van der Waals surface area contributed by atoms with Crippen LogP contribution in [0.25, 0.3) is 11.1 Å².